The van der Waals surface area contributed by atoms with Gasteiger partial charge >= 0.3 is 0 Å². The molecule has 0 saturated carbocycles. The van der Waals surface area contributed by atoms with Crippen molar-refractivity contribution in [2.45, 2.75) is 0 Å². The molecular weight excluding hydrogens is 220 g/mol. The summed E-state index contributed by atoms with van der Waals surface area (Å²) in [5.41, 5.74) is 13.6. The number of nitrogens with zero attached hydrogens (tertiary/aromatic N) is 2. The van der Waals surface area contributed by atoms with Crippen molar-refractivity contribution in [3.05, 3.63) is 46.6 Å². The second kappa shape index (κ2) is 4.09. The summed E-state index contributed by atoms with van der Waals surface area (Å²) in [5.74, 6) is 0. The first-order chi connectivity index (χ1) is 8.09. The number of hydrogen-bond acceptors (Lipinski definition) is 5. The molecule has 1 aromatic heterocycles. The van der Waals surface area contributed by atoms with Gasteiger partial charge in [-0.05, 0) is 18.2 Å². The van der Waals surface area contributed by atoms with Crippen molar-refractivity contribution >= 4 is 17.1 Å². The fourth-order valence-corrected chi connectivity index (χ4v) is 1.53. The minimum absolute atomic E-state index is 0.0678. The zero-order valence-electron chi connectivity index (χ0n) is 8.83. The first-order valence-electron chi connectivity index (χ1n) is 4.84. The normalized spacial score (nSPS) is 10.1. The molecule has 1 heterocycles. The van der Waals surface area contributed by atoms with Crippen molar-refractivity contribution in [2.75, 3.05) is 11.5 Å². The number of nitrogens with two attached hydrogens (primary N) is 2. The predicted molar refractivity (Wildman–Crippen MR) is 65.2 cm³/mol. The lowest BCUT2D eigenvalue weighted by molar-refractivity contribution is -0.385. The quantitative estimate of drug-likeness (QED) is 0.464. The summed E-state index contributed by atoms with van der Waals surface area (Å²) in [5, 5.41) is 10.5. The number of anilines is 2. The molecule has 0 fully saturated rings. The van der Waals surface area contributed by atoms with Gasteiger partial charge in [0, 0.05) is 23.0 Å². The average Bonchev–Trinajstić information content (AvgIpc) is 2.29. The van der Waals surface area contributed by atoms with Gasteiger partial charge in [-0.15, -0.1) is 0 Å². The molecule has 0 aliphatic rings. The Balaban J connectivity index is 2.50. The highest BCUT2D eigenvalue weighted by Gasteiger charge is 2.10. The predicted octanol–water partition coefficient (Wildman–Crippen LogP) is 1.82. The van der Waals surface area contributed by atoms with Gasteiger partial charge in [-0.25, -0.2) is 4.98 Å². The minimum atomic E-state index is -0.505. The van der Waals surface area contributed by atoms with Gasteiger partial charge < -0.3 is 11.5 Å². The molecule has 0 bridgehead atoms. The van der Waals surface area contributed by atoms with Crippen LogP contribution in [-0.4, -0.2) is 9.91 Å². The van der Waals surface area contributed by atoms with Crippen LogP contribution >= 0.6 is 0 Å². The lowest BCUT2D eigenvalue weighted by Gasteiger charge is -2.07. The molecule has 0 unspecified atom stereocenters. The Morgan fingerprint density at radius 2 is 1.76 bits per heavy atom. The van der Waals surface area contributed by atoms with E-state index in [4.69, 9.17) is 11.5 Å². The lowest BCUT2D eigenvalue weighted by Crippen LogP contribution is -1.98. The Labute approximate surface area is 97.0 Å². The van der Waals surface area contributed by atoms with E-state index >= 15 is 0 Å². The van der Waals surface area contributed by atoms with Gasteiger partial charge in [0.1, 0.15) is 6.20 Å². The molecule has 1 aromatic carbocycles. The van der Waals surface area contributed by atoms with Gasteiger partial charge in [0.2, 0.25) is 0 Å². The van der Waals surface area contributed by atoms with Crippen LogP contribution in [0.4, 0.5) is 17.1 Å². The monoisotopic (exact) mass is 230 g/mol. The number of pyridine rings is 1. The lowest BCUT2D eigenvalue weighted by atomic mass is 10.1. The summed E-state index contributed by atoms with van der Waals surface area (Å²) in [6, 6.07) is 8.04. The molecule has 86 valence electrons. The summed E-state index contributed by atoms with van der Waals surface area (Å²) in [6.45, 7) is 0. The van der Waals surface area contributed by atoms with E-state index in [2.05, 4.69) is 4.98 Å². The van der Waals surface area contributed by atoms with E-state index in [1.165, 1.54) is 18.3 Å². The number of hydrogen-bond donors (Lipinski definition) is 2. The van der Waals surface area contributed by atoms with E-state index in [1.807, 2.05) is 0 Å². The number of nitro groups is 1. The smallest absolute Gasteiger partial charge is 0.287 e. The summed E-state index contributed by atoms with van der Waals surface area (Å²) in [4.78, 5) is 14.0. The van der Waals surface area contributed by atoms with Gasteiger partial charge in [-0.2, -0.15) is 0 Å². The molecule has 6 heteroatoms. The van der Waals surface area contributed by atoms with Crippen molar-refractivity contribution in [1.82, 2.24) is 4.98 Å². The van der Waals surface area contributed by atoms with E-state index in [9.17, 15) is 10.1 Å². The number of nitrogen functional groups attached to an aromatic ring is 2. The summed E-state index contributed by atoms with van der Waals surface area (Å²) in [7, 11) is 0. The van der Waals surface area contributed by atoms with E-state index in [0.717, 1.165) is 0 Å². The molecule has 0 amide bonds. The molecule has 6 nitrogen and oxygen atoms in total. The Bertz CT molecular complexity index is 546. The van der Waals surface area contributed by atoms with Crippen LogP contribution in [0, 0.1) is 10.1 Å². The van der Waals surface area contributed by atoms with Gasteiger partial charge in [0.25, 0.3) is 5.69 Å². The molecule has 0 aliphatic heterocycles. The van der Waals surface area contributed by atoms with Gasteiger partial charge in [0.05, 0.1) is 10.6 Å². The van der Waals surface area contributed by atoms with Crippen LogP contribution in [0.5, 0.6) is 0 Å². The second-order valence-electron chi connectivity index (χ2n) is 3.47. The maximum absolute atomic E-state index is 10.5. The molecule has 4 N–H and O–H groups in total. The highest BCUT2D eigenvalue weighted by Crippen LogP contribution is 2.30. The number of rotatable bonds is 2. The van der Waals surface area contributed by atoms with Crippen molar-refractivity contribution in [2.24, 2.45) is 0 Å². The van der Waals surface area contributed by atoms with E-state index < -0.39 is 4.92 Å². The van der Waals surface area contributed by atoms with Crippen LogP contribution in [0.2, 0.25) is 0 Å². The maximum atomic E-state index is 10.5. The van der Waals surface area contributed by atoms with Crippen LogP contribution in [0.3, 0.4) is 0 Å². The van der Waals surface area contributed by atoms with E-state index in [1.54, 1.807) is 18.2 Å². The highest BCUT2D eigenvalue weighted by molar-refractivity contribution is 5.84. The third kappa shape index (κ3) is 2.00. The third-order valence-corrected chi connectivity index (χ3v) is 2.34. The first kappa shape index (κ1) is 10.9. The Morgan fingerprint density at radius 3 is 2.24 bits per heavy atom. The fraction of sp³-hybridized carbons (Fsp3) is 0. The van der Waals surface area contributed by atoms with Gasteiger partial charge in [-0.1, -0.05) is 6.07 Å². The number of benzene rings is 1. The summed E-state index contributed by atoms with van der Waals surface area (Å²) >= 11 is 0. The Hall–Kier alpha value is -2.63. The van der Waals surface area contributed by atoms with Crippen molar-refractivity contribution < 1.29 is 4.92 Å². The fourth-order valence-electron chi connectivity index (χ4n) is 1.53. The van der Waals surface area contributed by atoms with Crippen LogP contribution < -0.4 is 11.5 Å². The highest BCUT2D eigenvalue weighted by atomic mass is 16.6. The zero-order chi connectivity index (χ0) is 12.4. The zero-order valence-corrected chi connectivity index (χ0v) is 8.83. The SMILES string of the molecule is Nc1cccc(N)c1-c1ccc([N+](=O)[O-])cn1. The summed E-state index contributed by atoms with van der Waals surface area (Å²) in [6.07, 6.45) is 1.18. The van der Waals surface area contributed by atoms with Crippen molar-refractivity contribution in [3.8, 4) is 11.3 Å². The van der Waals surface area contributed by atoms with Gasteiger partial charge in [-0.3, -0.25) is 10.1 Å². The third-order valence-electron chi connectivity index (χ3n) is 2.34. The largest absolute Gasteiger partial charge is 0.398 e. The first-order valence-corrected chi connectivity index (χ1v) is 4.84. The molecule has 0 atom stereocenters. The molecule has 2 aromatic rings. The van der Waals surface area contributed by atoms with Crippen LogP contribution in [-0.2, 0) is 0 Å². The van der Waals surface area contributed by atoms with E-state index in [0.29, 0.717) is 22.6 Å². The summed E-state index contributed by atoms with van der Waals surface area (Å²) < 4.78 is 0. The number of aromatic nitrogens is 1. The van der Waals surface area contributed by atoms with E-state index in [-0.39, 0.29) is 5.69 Å². The van der Waals surface area contributed by atoms with Crippen LogP contribution in [0.25, 0.3) is 11.3 Å². The van der Waals surface area contributed by atoms with Crippen molar-refractivity contribution in [3.63, 3.8) is 0 Å². The topological polar surface area (TPSA) is 108 Å². The van der Waals surface area contributed by atoms with Crippen molar-refractivity contribution in [1.29, 1.82) is 0 Å². The standard InChI is InChI=1S/C11H10N4O2/c12-8-2-1-3-9(13)11(8)10-5-4-7(6-14-10)15(16)17/h1-6H,12-13H2. The Kier molecular flexibility index (Phi) is 2.61. The minimum Gasteiger partial charge on any atom is -0.398 e. The molecule has 2 rings (SSSR count). The maximum Gasteiger partial charge on any atom is 0.287 e. The van der Waals surface area contributed by atoms with Gasteiger partial charge in [0.15, 0.2) is 0 Å². The molecule has 0 spiro atoms. The Morgan fingerprint density at radius 1 is 1.12 bits per heavy atom. The molecule has 0 radical (unpaired) electrons. The molecule has 0 aliphatic carbocycles. The molecule has 17 heavy (non-hydrogen) atoms. The molecular formula is C11H10N4O2. The second-order valence-corrected chi connectivity index (χ2v) is 3.47. The average molecular weight is 230 g/mol. The van der Waals surface area contributed by atoms with Crippen LogP contribution in [0.15, 0.2) is 36.5 Å². The van der Waals surface area contributed by atoms with Crippen LogP contribution in [0.1, 0.15) is 0 Å². The molecule has 0 saturated heterocycles.